The van der Waals surface area contributed by atoms with E-state index >= 15 is 0 Å². The average Bonchev–Trinajstić information content (AvgIpc) is 2.85. The highest BCUT2D eigenvalue weighted by Gasteiger charge is 2.26. The fourth-order valence-electron chi connectivity index (χ4n) is 3.22. The van der Waals surface area contributed by atoms with Crippen LogP contribution in [0.25, 0.3) is 0 Å². The maximum Gasteiger partial charge on any atom is 0.338 e. The van der Waals surface area contributed by atoms with Crippen LogP contribution in [-0.4, -0.2) is 32.9 Å². The van der Waals surface area contributed by atoms with Gasteiger partial charge in [0.15, 0.2) is 0 Å². The molecule has 3 aromatic carbocycles. The Kier molecular flexibility index (Phi) is 9.11. The summed E-state index contributed by atoms with van der Waals surface area (Å²) >= 11 is 0. The highest BCUT2D eigenvalue weighted by atomic mass is 32.2. The van der Waals surface area contributed by atoms with Gasteiger partial charge in [0.1, 0.15) is 11.9 Å². The van der Waals surface area contributed by atoms with Gasteiger partial charge in [-0.15, -0.1) is 0 Å². The van der Waals surface area contributed by atoms with Gasteiger partial charge >= 0.3 is 5.97 Å². The van der Waals surface area contributed by atoms with Crippen LogP contribution in [0.1, 0.15) is 35.7 Å². The minimum absolute atomic E-state index is 0.0922. The summed E-state index contributed by atoms with van der Waals surface area (Å²) in [6.45, 7) is 2.33. The van der Waals surface area contributed by atoms with Crippen LogP contribution in [0.4, 0.5) is 10.1 Å². The topological polar surface area (TPSA) is 102 Å². The van der Waals surface area contributed by atoms with E-state index in [0.717, 1.165) is 42.7 Å². The second-order valence-electron chi connectivity index (χ2n) is 7.87. The van der Waals surface area contributed by atoms with E-state index in [1.165, 1.54) is 12.1 Å². The summed E-state index contributed by atoms with van der Waals surface area (Å²) in [4.78, 5) is 25.0. The van der Waals surface area contributed by atoms with Crippen molar-refractivity contribution in [3.63, 3.8) is 0 Å². The van der Waals surface area contributed by atoms with Crippen molar-refractivity contribution >= 4 is 27.6 Å². The third-order valence-electron chi connectivity index (χ3n) is 5.14. The number of anilines is 1. The predicted octanol–water partition coefficient (Wildman–Crippen LogP) is 4.31. The Morgan fingerprint density at radius 1 is 0.943 bits per heavy atom. The molecule has 0 saturated heterocycles. The van der Waals surface area contributed by atoms with Crippen molar-refractivity contribution in [2.45, 2.75) is 37.1 Å². The van der Waals surface area contributed by atoms with Gasteiger partial charge in [-0.1, -0.05) is 43.7 Å². The van der Waals surface area contributed by atoms with E-state index < -0.39 is 33.8 Å². The van der Waals surface area contributed by atoms with Crippen LogP contribution >= 0.6 is 0 Å². The number of hydrogen-bond donors (Lipinski definition) is 2. The number of halogens is 1. The first kappa shape index (κ1) is 26.1. The first-order valence-corrected chi connectivity index (χ1v) is 12.7. The first-order valence-electron chi connectivity index (χ1n) is 11.2. The predicted molar refractivity (Wildman–Crippen MR) is 131 cm³/mol. The molecule has 0 spiro atoms. The van der Waals surface area contributed by atoms with E-state index in [9.17, 15) is 22.4 Å². The Hall–Kier alpha value is -3.56. The molecule has 0 aliphatic carbocycles. The molecule has 3 aromatic rings. The third kappa shape index (κ3) is 7.73. The molecular formula is C26H27FN2O5S. The van der Waals surface area contributed by atoms with Gasteiger partial charge in [0.2, 0.25) is 15.9 Å². The van der Waals surface area contributed by atoms with Crippen molar-refractivity contribution in [1.29, 1.82) is 0 Å². The van der Waals surface area contributed by atoms with E-state index in [0.29, 0.717) is 17.9 Å². The lowest BCUT2D eigenvalue weighted by molar-refractivity contribution is -0.117. The molecule has 35 heavy (non-hydrogen) atoms. The van der Waals surface area contributed by atoms with E-state index in [4.69, 9.17) is 4.74 Å². The molecule has 0 fully saturated rings. The van der Waals surface area contributed by atoms with Crippen LogP contribution in [0.15, 0.2) is 83.8 Å². The number of benzene rings is 3. The van der Waals surface area contributed by atoms with Gasteiger partial charge in [-0.2, -0.15) is 4.72 Å². The Morgan fingerprint density at radius 2 is 1.60 bits per heavy atom. The molecule has 7 nitrogen and oxygen atoms in total. The molecule has 2 N–H and O–H groups in total. The number of carbonyl (C=O) groups is 2. The van der Waals surface area contributed by atoms with Crippen LogP contribution in [0.3, 0.4) is 0 Å². The van der Waals surface area contributed by atoms with Crippen molar-refractivity contribution in [3.05, 3.63) is 95.8 Å². The molecule has 9 heteroatoms. The molecule has 0 bridgehead atoms. The first-order chi connectivity index (χ1) is 16.8. The maximum atomic E-state index is 13.2. The van der Waals surface area contributed by atoms with E-state index in [1.54, 1.807) is 36.4 Å². The molecule has 3 rings (SSSR count). The van der Waals surface area contributed by atoms with Crippen LogP contribution in [-0.2, 0) is 26.0 Å². The number of carbonyl (C=O) groups excluding carboxylic acids is 2. The van der Waals surface area contributed by atoms with Crippen molar-refractivity contribution in [3.8, 4) is 0 Å². The Bertz CT molecular complexity index is 1230. The van der Waals surface area contributed by atoms with Gasteiger partial charge in [0, 0.05) is 5.69 Å². The molecule has 0 radical (unpaired) electrons. The highest BCUT2D eigenvalue weighted by Crippen LogP contribution is 2.15. The van der Waals surface area contributed by atoms with Crippen LogP contribution in [0, 0.1) is 5.82 Å². The standard InChI is InChI=1S/C26H27FN2O5S/c1-2-3-17-34-26(31)20-9-13-22(14-10-20)28-25(30)24(18-19-7-5-4-6-8-19)29-35(32,33)23-15-11-21(27)12-16-23/h4-16,24,29H,2-3,17-18H2,1H3,(H,28,30)/t24-/m0/s1. The maximum absolute atomic E-state index is 13.2. The van der Waals surface area contributed by atoms with Gasteiger partial charge in [-0.25, -0.2) is 17.6 Å². The Labute approximate surface area is 204 Å². The van der Waals surface area contributed by atoms with Crippen LogP contribution in [0.2, 0.25) is 0 Å². The van der Waals surface area contributed by atoms with Crippen LogP contribution < -0.4 is 10.0 Å². The summed E-state index contributed by atoms with van der Waals surface area (Å²) in [5.74, 6) is -1.61. The van der Waals surface area contributed by atoms with Gasteiger partial charge in [-0.3, -0.25) is 4.79 Å². The number of rotatable bonds is 11. The third-order valence-corrected chi connectivity index (χ3v) is 6.63. The molecule has 0 aliphatic heterocycles. The number of esters is 1. The Balaban J connectivity index is 1.75. The second kappa shape index (κ2) is 12.2. The summed E-state index contributed by atoms with van der Waals surface area (Å²) in [5.41, 5.74) is 1.48. The van der Waals surface area contributed by atoms with E-state index in [-0.39, 0.29) is 11.3 Å². The van der Waals surface area contributed by atoms with Gasteiger partial charge in [0.05, 0.1) is 17.1 Å². The SMILES string of the molecule is CCCCOC(=O)c1ccc(NC(=O)[C@H](Cc2ccccc2)NS(=O)(=O)c2ccc(F)cc2)cc1. The molecule has 0 heterocycles. The van der Waals surface area contributed by atoms with E-state index in [1.807, 2.05) is 13.0 Å². The van der Waals surface area contributed by atoms with Crippen molar-refractivity contribution in [2.24, 2.45) is 0 Å². The summed E-state index contributed by atoms with van der Waals surface area (Å²) in [5, 5.41) is 2.69. The largest absolute Gasteiger partial charge is 0.462 e. The number of hydrogen-bond acceptors (Lipinski definition) is 5. The van der Waals surface area contributed by atoms with Crippen LogP contribution in [0.5, 0.6) is 0 Å². The molecular weight excluding hydrogens is 471 g/mol. The lowest BCUT2D eigenvalue weighted by Gasteiger charge is -2.19. The lowest BCUT2D eigenvalue weighted by Crippen LogP contribution is -2.45. The summed E-state index contributed by atoms with van der Waals surface area (Å²) in [6.07, 6.45) is 1.78. The lowest BCUT2D eigenvalue weighted by atomic mass is 10.1. The van der Waals surface area contributed by atoms with Crippen molar-refractivity contribution in [1.82, 2.24) is 4.72 Å². The zero-order valence-electron chi connectivity index (χ0n) is 19.2. The zero-order valence-corrected chi connectivity index (χ0v) is 20.1. The molecule has 0 saturated carbocycles. The second-order valence-corrected chi connectivity index (χ2v) is 9.59. The summed E-state index contributed by atoms with van der Waals surface area (Å²) in [6, 6.07) is 18.3. The molecule has 0 aliphatic rings. The highest BCUT2D eigenvalue weighted by molar-refractivity contribution is 7.89. The van der Waals surface area contributed by atoms with Gasteiger partial charge < -0.3 is 10.1 Å². The summed E-state index contributed by atoms with van der Waals surface area (Å²) < 4.78 is 46.6. The van der Waals surface area contributed by atoms with Crippen molar-refractivity contribution < 1.29 is 27.1 Å². The number of unbranched alkanes of at least 4 members (excludes halogenated alkanes) is 1. The quantitative estimate of drug-likeness (QED) is 0.303. The van der Waals surface area contributed by atoms with Crippen molar-refractivity contribution in [2.75, 3.05) is 11.9 Å². The zero-order chi connectivity index (χ0) is 25.3. The fourth-order valence-corrected chi connectivity index (χ4v) is 4.41. The molecule has 1 atom stereocenters. The number of amides is 1. The van der Waals surface area contributed by atoms with Gasteiger partial charge in [-0.05, 0) is 66.9 Å². The normalized spacial score (nSPS) is 12.1. The fraction of sp³-hybridized carbons (Fsp3) is 0.231. The average molecular weight is 499 g/mol. The molecule has 1 amide bonds. The molecule has 184 valence electrons. The minimum atomic E-state index is -4.10. The number of sulfonamides is 1. The molecule has 0 aromatic heterocycles. The Morgan fingerprint density at radius 3 is 2.23 bits per heavy atom. The van der Waals surface area contributed by atoms with Gasteiger partial charge in [0.25, 0.3) is 0 Å². The minimum Gasteiger partial charge on any atom is -0.462 e. The van der Waals surface area contributed by atoms with E-state index in [2.05, 4.69) is 10.0 Å². The number of nitrogens with one attached hydrogen (secondary N) is 2. The monoisotopic (exact) mass is 498 g/mol. The summed E-state index contributed by atoms with van der Waals surface area (Å²) in [7, 11) is -4.10. The smallest absolute Gasteiger partial charge is 0.338 e. The molecule has 0 unspecified atom stereocenters. The number of ether oxygens (including phenoxy) is 1.